The first-order valence-corrected chi connectivity index (χ1v) is 12.3. The van der Waals surface area contributed by atoms with Crippen molar-refractivity contribution in [3.8, 4) is 0 Å². The van der Waals surface area contributed by atoms with Crippen LogP contribution in [0.1, 0.15) is 25.7 Å². The molecule has 1 N–H and O–H groups in total. The number of anilines is 1. The number of β-amino-alcohol motifs (C(OH)–C–C–N with tert-alkyl or cyclic N) is 1. The molecule has 8 nitrogen and oxygen atoms in total. The van der Waals surface area contributed by atoms with Crippen LogP contribution in [0.2, 0.25) is 5.02 Å². The molecule has 0 saturated carbocycles. The van der Waals surface area contributed by atoms with Gasteiger partial charge in [0.05, 0.1) is 41.9 Å². The SMILES string of the molecule is C=CCCCOC(=O)[C@@H]1[C@@H]2CCC3(O2)C(C(=O)N(CC=C)c2ccccc2Cl)N(CCO)C(=O)[C@H]13. The van der Waals surface area contributed by atoms with Gasteiger partial charge in [-0.05, 0) is 37.8 Å². The van der Waals surface area contributed by atoms with Crippen LogP contribution in [0.25, 0.3) is 0 Å². The molecule has 35 heavy (non-hydrogen) atoms. The van der Waals surface area contributed by atoms with Crippen molar-refractivity contribution in [1.82, 2.24) is 4.90 Å². The number of benzene rings is 1. The molecule has 0 radical (unpaired) electrons. The average molecular weight is 503 g/mol. The van der Waals surface area contributed by atoms with Gasteiger partial charge in [-0.15, -0.1) is 13.2 Å². The van der Waals surface area contributed by atoms with Gasteiger partial charge in [0, 0.05) is 13.1 Å². The maximum Gasteiger partial charge on any atom is 0.312 e. The molecule has 3 heterocycles. The second-order valence-corrected chi connectivity index (χ2v) is 9.51. The van der Waals surface area contributed by atoms with Gasteiger partial charge in [0.1, 0.15) is 11.6 Å². The van der Waals surface area contributed by atoms with Crippen LogP contribution in [-0.4, -0.2) is 71.8 Å². The predicted octanol–water partition coefficient (Wildman–Crippen LogP) is 2.74. The van der Waals surface area contributed by atoms with Gasteiger partial charge in [-0.1, -0.05) is 35.9 Å². The fraction of sp³-hybridized carbons (Fsp3) is 0.500. The third-order valence-corrected chi connectivity index (χ3v) is 7.48. The molecule has 3 aliphatic rings. The number of amides is 2. The van der Waals surface area contributed by atoms with Gasteiger partial charge in [0.2, 0.25) is 5.91 Å². The summed E-state index contributed by atoms with van der Waals surface area (Å²) in [5, 5.41) is 10.1. The van der Waals surface area contributed by atoms with E-state index in [0.29, 0.717) is 36.4 Å². The maximum absolute atomic E-state index is 14.1. The number of ether oxygens (including phenoxy) is 2. The van der Waals surface area contributed by atoms with Crippen molar-refractivity contribution in [2.24, 2.45) is 11.8 Å². The molecule has 3 fully saturated rings. The van der Waals surface area contributed by atoms with Crippen LogP contribution in [0.3, 0.4) is 0 Å². The minimum absolute atomic E-state index is 0.0485. The second-order valence-electron chi connectivity index (χ2n) is 9.10. The lowest BCUT2D eigenvalue weighted by atomic mass is 9.70. The number of hydrogen-bond donors (Lipinski definition) is 1. The van der Waals surface area contributed by atoms with E-state index in [1.807, 2.05) is 0 Å². The first-order valence-electron chi connectivity index (χ1n) is 11.9. The third-order valence-electron chi connectivity index (χ3n) is 7.16. The summed E-state index contributed by atoms with van der Waals surface area (Å²) in [6.07, 6.45) is 5.20. The van der Waals surface area contributed by atoms with Crippen molar-refractivity contribution >= 4 is 35.1 Å². The van der Waals surface area contributed by atoms with Crippen LogP contribution in [0.5, 0.6) is 0 Å². The van der Waals surface area contributed by atoms with Gasteiger partial charge < -0.3 is 24.4 Å². The van der Waals surface area contributed by atoms with E-state index in [1.54, 1.807) is 36.4 Å². The molecular formula is C26H31ClN2O6. The summed E-state index contributed by atoms with van der Waals surface area (Å²) in [6, 6.07) is 5.94. The van der Waals surface area contributed by atoms with E-state index in [1.165, 1.54) is 9.80 Å². The number of aliphatic hydroxyl groups excluding tert-OH is 1. The molecule has 1 aromatic rings. The predicted molar refractivity (Wildman–Crippen MR) is 131 cm³/mol. The summed E-state index contributed by atoms with van der Waals surface area (Å²) in [4.78, 5) is 43.6. The van der Waals surface area contributed by atoms with Crippen molar-refractivity contribution < 1.29 is 29.0 Å². The highest BCUT2D eigenvalue weighted by atomic mass is 35.5. The first-order chi connectivity index (χ1) is 16.9. The number of fused-ring (bicyclic) bond motifs is 1. The highest BCUT2D eigenvalue weighted by Crippen LogP contribution is 2.58. The Hall–Kier alpha value is -2.68. The number of rotatable bonds is 11. The Balaban J connectivity index is 1.68. The Kier molecular flexibility index (Phi) is 7.64. The Morgan fingerprint density at radius 1 is 1.31 bits per heavy atom. The highest BCUT2D eigenvalue weighted by molar-refractivity contribution is 6.34. The standard InChI is InChI=1S/C26H31ClN2O6/c1-3-5-8-16-34-25(33)20-19-11-12-26(35-19)21(20)23(31)29(14-15-30)22(26)24(32)28(13-4-2)18-10-7-6-9-17(18)27/h3-4,6-7,9-10,19-22,30H,1-2,5,8,11-16H2/t19-,20+,21-,22?,26?/m0/s1. The van der Waals surface area contributed by atoms with E-state index in [4.69, 9.17) is 21.1 Å². The summed E-state index contributed by atoms with van der Waals surface area (Å²) in [7, 11) is 0. The number of aliphatic hydroxyl groups is 1. The lowest BCUT2D eigenvalue weighted by Gasteiger charge is -2.36. The molecule has 188 valence electrons. The van der Waals surface area contributed by atoms with E-state index in [9.17, 15) is 19.5 Å². The van der Waals surface area contributed by atoms with Gasteiger partial charge in [-0.3, -0.25) is 14.4 Å². The van der Waals surface area contributed by atoms with Crippen molar-refractivity contribution in [1.29, 1.82) is 0 Å². The summed E-state index contributed by atoms with van der Waals surface area (Å²) >= 11 is 6.41. The summed E-state index contributed by atoms with van der Waals surface area (Å²) in [5.41, 5.74) is -0.680. The number of hydrogen-bond acceptors (Lipinski definition) is 6. The average Bonchev–Trinajstić information content (AvgIpc) is 3.48. The number of carbonyl (C=O) groups excluding carboxylic acids is 3. The molecule has 2 amide bonds. The molecule has 2 bridgehead atoms. The quantitative estimate of drug-likeness (QED) is 0.284. The Morgan fingerprint density at radius 3 is 2.77 bits per heavy atom. The molecule has 2 unspecified atom stereocenters. The normalized spacial score (nSPS) is 28.6. The van der Waals surface area contributed by atoms with Crippen LogP contribution >= 0.6 is 11.6 Å². The van der Waals surface area contributed by atoms with Gasteiger partial charge in [0.15, 0.2) is 0 Å². The Bertz CT molecular complexity index is 1020. The minimum atomic E-state index is -1.17. The number of para-hydroxylation sites is 1. The fourth-order valence-corrected chi connectivity index (χ4v) is 6.04. The molecule has 1 aromatic carbocycles. The van der Waals surface area contributed by atoms with Gasteiger partial charge in [0.25, 0.3) is 5.91 Å². The molecule has 5 atom stereocenters. The molecule has 1 spiro atoms. The first kappa shape index (κ1) is 25.4. The van der Waals surface area contributed by atoms with E-state index < -0.39 is 35.6 Å². The van der Waals surface area contributed by atoms with E-state index in [2.05, 4.69) is 13.2 Å². The third kappa shape index (κ3) is 4.28. The van der Waals surface area contributed by atoms with Crippen molar-refractivity contribution in [3.63, 3.8) is 0 Å². The number of esters is 1. The molecule has 0 aromatic heterocycles. The summed E-state index contributed by atoms with van der Waals surface area (Å²) in [6.45, 7) is 7.45. The molecule has 3 saturated heterocycles. The Labute approximate surface area is 210 Å². The minimum Gasteiger partial charge on any atom is -0.465 e. The number of likely N-dealkylation sites (tertiary alicyclic amines) is 1. The molecule has 3 aliphatic heterocycles. The van der Waals surface area contributed by atoms with Crippen LogP contribution in [-0.2, 0) is 23.9 Å². The van der Waals surface area contributed by atoms with Gasteiger partial charge >= 0.3 is 5.97 Å². The van der Waals surface area contributed by atoms with E-state index in [-0.39, 0.29) is 38.1 Å². The lowest BCUT2D eigenvalue weighted by molar-refractivity contribution is -0.155. The van der Waals surface area contributed by atoms with Crippen molar-refractivity contribution in [2.75, 3.05) is 31.2 Å². The van der Waals surface area contributed by atoms with Crippen molar-refractivity contribution in [2.45, 2.75) is 43.4 Å². The monoisotopic (exact) mass is 502 g/mol. The topological polar surface area (TPSA) is 96.4 Å². The smallest absolute Gasteiger partial charge is 0.312 e. The van der Waals surface area contributed by atoms with Gasteiger partial charge in [-0.2, -0.15) is 0 Å². The largest absolute Gasteiger partial charge is 0.465 e. The second kappa shape index (κ2) is 10.5. The zero-order chi connectivity index (χ0) is 25.2. The number of nitrogens with zero attached hydrogens (tertiary/aromatic N) is 2. The van der Waals surface area contributed by atoms with Crippen LogP contribution in [0.4, 0.5) is 5.69 Å². The van der Waals surface area contributed by atoms with Crippen LogP contribution in [0, 0.1) is 11.8 Å². The highest BCUT2D eigenvalue weighted by Gasteiger charge is 2.75. The van der Waals surface area contributed by atoms with Gasteiger partial charge in [-0.25, -0.2) is 0 Å². The molecular weight excluding hydrogens is 472 g/mol. The fourth-order valence-electron chi connectivity index (χ4n) is 5.80. The zero-order valence-corrected chi connectivity index (χ0v) is 20.4. The Morgan fingerprint density at radius 2 is 2.09 bits per heavy atom. The van der Waals surface area contributed by atoms with Crippen molar-refractivity contribution in [3.05, 3.63) is 54.6 Å². The van der Waals surface area contributed by atoms with Crippen LogP contribution in [0.15, 0.2) is 49.6 Å². The number of carbonyl (C=O) groups is 3. The number of halogens is 1. The summed E-state index contributed by atoms with van der Waals surface area (Å²) in [5.74, 6) is -2.86. The number of unbranched alkanes of at least 4 members (excludes halogenated alkanes) is 1. The van der Waals surface area contributed by atoms with E-state index in [0.717, 1.165) is 0 Å². The zero-order valence-electron chi connectivity index (χ0n) is 19.6. The molecule has 0 aliphatic carbocycles. The maximum atomic E-state index is 14.1. The molecule has 9 heteroatoms. The number of allylic oxidation sites excluding steroid dienone is 1. The lowest BCUT2D eigenvalue weighted by Crippen LogP contribution is -2.57. The van der Waals surface area contributed by atoms with E-state index >= 15 is 0 Å². The molecule has 4 rings (SSSR count). The van der Waals surface area contributed by atoms with Crippen LogP contribution < -0.4 is 4.90 Å². The summed E-state index contributed by atoms with van der Waals surface area (Å²) < 4.78 is 11.8.